The molecular weight excluding hydrogens is 520 g/mol. The summed E-state index contributed by atoms with van der Waals surface area (Å²) in [5.74, 6) is -3.79. The number of nitrogens with two attached hydrogens (primary N) is 2. The van der Waals surface area contributed by atoms with E-state index in [9.17, 15) is 29.1 Å². The standard InChI is InChI=1S/C23H32N6O6S2/c1-37-7-6-16(27-20(31)14(24)11-36)21(32)28-17(22(33)29-18(23(34)35)9-19(25)30)8-12-10-26-15-5-3-2-4-13(12)15/h2-5,10,14,16-18,26,36H,6-9,11,24H2,1H3,(H2,25,30)(H,27,31)(H,28,32)(H,29,33)(H,34,35). The maximum Gasteiger partial charge on any atom is 0.326 e. The minimum atomic E-state index is -1.58. The van der Waals surface area contributed by atoms with Gasteiger partial charge in [0, 0.05) is 29.3 Å². The minimum absolute atomic E-state index is 0.00381. The van der Waals surface area contributed by atoms with Crippen LogP contribution in [0.25, 0.3) is 10.9 Å². The number of carboxylic acid groups (broad SMARTS) is 1. The minimum Gasteiger partial charge on any atom is -0.480 e. The van der Waals surface area contributed by atoms with E-state index in [2.05, 4.69) is 33.6 Å². The Balaban J connectivity index is 2.32. The van der Waals surface area contributed by atoms with E-state index >= 15 is 0 Å². The van der Waals surface area contributed by atoms with E-state index in [0.717, 1.165) is 10.9 Å². The van der Waals surface area contributed by atoms with Gasteiger partial charge in [-0.05, 0) is 30.1 Å². The normalized spacial score (nSPS) is 14.2. The number of carboxylic acids is 1. The molecule has 0 saturated carbocycles. The zero-order chi connectivity index (χ0) is 27.5. The average molecular weight is 553 g/mol. The van der Waals surface area contributed by atoms with Crippen molar-refractivity contribution in [2.75, 3.05) is 17.8 Å². The number of para-hydroxylation sites is 1. The number of aromatic amines is 1. The average Bonchev–Trinajstić information content (AvgIpc) is 3.27. The maximum absolute atomic E-state index is 13.2. The number of hydrogen-bond donors (Lipinski definition) is 8. The van der Waals surface area contributed by atoms with Crippen LogP contribution in [0.1, 0.15) is 18.4 Å². The Morgan fingerprint density at radius 1 is 1.03 bits per heavy atom. The highest BCUT2D eigenvalue weighted by Gasteiger charge is 2.31. The fraction of sp³-hybridized carbons (Fsp3) is 0.435. The van der Waals surface area contributed by atoms with Crippen LogP contribution in [-0.4, -0.2) is 81.6 Å². The zero-order valence-electron chi connectivity index (χ0n) is 20.2. The number of aliphatic carboxylic acids is 1. The van der Waals surface area contributed by atoms with Crippen LogP contribution in [0.5, 0.6) is 0 Å². The third-order valence-corrected chi connectivity index (χ3v) is 6.57. The van der Waals surface area contributed by atoms with Gasteiger partial charge in [0.05, 0.1) is 12.5 Å². The summed E-state index contributed by atoms with van der Waals surface area (Å²) in [6.45, 7) is 0. The number of benzene rings is 1. The van der Waals surface area contributed by atoms with Gasteiger partial charge in [0.1, 0.15) is 18.1 Å². The monoisotopic (exact) mass is 552 g/mol. The second-order valence-corrected chi connectivity index (χ2v) is 9.68. The fourth-order valence-electron chi connectivity index (χ4n) is 3.54. The number of rotatable bonds is 15. The van der Waals surface area contributed by atoms with Gasteiger partial charge in [-0.1, -0.05) is 18.2 Å². The third kappa shape index (κ3) is 8.98. The van der Waals surface area contributed by atoms with Gasteiger partial charge in [0.25, 0.3) is 0 Å². The number of thiol groups is 1. The highest BCUT2D eigenvalue weighted by molar-refractivity contribution is 7.98. The zero-order valence-corrected chi connectivity index (χ0v) is 21.9. The number of amides is 4. The Hall–Kier alpha value is -3.23. The molecule has 1 heterocycles. The van der Waals surface area contributed by atoms with Crippen LogP contribution >= 0.6 is 24.4 Å². The summed E-state index contributed by atoms with van der Waals surface area (Å²) in [7, 11) is 0. The van der Waals surface area contributed by atoms with Crippen molar-refractivity contribution >= 4 is 64.9 Å². The van der Waals surface area contributed by atoms with E-state index in [-0.39, 0.29) is 18.6 Å². The van der Waals surface area contributed by atoms with Crippen molar-refractivity contribution in [3.05, 3.63) is 36.0 Å². The summed E-state index contributed by atoms with van der Waals surface area (Å²) >= 11 is 5.47. The lowest BCUT2D eigenvalue weighted by atomic mass is 10.0. The molecule has 0 bridgehead atoms. The van der Waals surface area contributed by atoms with E-state index in [1.165, 1.54) is 11.8 Å². The molecule has 202 valence electrons. The largest absolute Gasteiger partial charge is 0.480 e. The number of carbonyl (C=O) groups excluding carboxylic acids is 4. The molecule has 4 unspecified atom stereocenters. The quantitative estimate of drug-likeness (QED) is 0.130. The summed E-state index contributed by atoms with van der Waals surface area (Å²) in [5.41, 5.74) is 12.3. The molecule has 0 aliphatic heterocycles. The Labute approximate surface area is 223 Å². The second-order valence-electron chi connectivity index (χ2n) is 8.33. The molecule has 14 heteroatoms. The van der Waals surface area contributed by atoms with Crippen LogP contribution in [0, 0.1) is 0 Å². The SMILES string of the molecule is CSCCC(NC(=O)C(N)CS)C(=O)NC(Cc1c[nH]c2ccccc12)C(=O)NC(CC(N)=O)C(=O)O. The van der Waals surface area contributed by atoms with Gasteiger partial charge in [-0.15, -0.1) is 0 Å². The van der Waals surface area contributed by atoms with Crippen molar-refractivity contribution in [1.82, 2.24) is 20.9 Å². The Kier molecular flexibility index (Phi) is 11.8. The Morgan fingerprint density at radius 3 is 2.27 bits per heavy atom. The summed E-state index contributed by atoms with van der Waals surface area (Å²) < 4.78 is 0. The molecule has 12 nitrogen and oxygen atoms in total. The summed E-state index contributed by atoms with van der Waals surface area (Å²) in [5, 5.41) is 17.7. The first kappa shape index (κ1) is 30.0. The topological polar surface area (TPSA) is 209 Å². The Morgan fingerprint density at radius 2 is 1.65 bits per heavy atom. The number of fused-ring (bicyclic) bond motifs is 1. The highest BCUT2D eigenvalue weighted by Crippen LogP contribution is 2.19. The Bertz CT molecular complexity index is 1130. The number of nitrogens with one attached hydrogen (secondary N) is 4. The number of hydrogen-bond acceptors (Lipinski definition) is 8. The number of H-pyrrole nitrogens is 1. The molecule has 9 N–H and O–H groups in total. The van der Waals surface area contributed by atoms with Gasteiger partial charge < -0.3 is 37.5 Å². The van der Waals surface area contributed by atoms with Gasteiger partial charge in [-0.25, -0.2) is 4.79 Å². The molecule has 0 radical (unpaired) electrons. The molecule has 2 aromatic rings. The van der Waals surface area contributed by atoms with Crippen LogP contribution < -0.4 is 27.4 Å². The number of primary amides is 1. The predicted molar refractivity (Wildman–Crippen MR) is 144 cm³/mol. The van der Waals surface area contributed by atoms with Gasteiger partial charge in [-0.2, -0.15) is 24.4 Å². The first-order valence-corrected chi connectivity index (χ1v) is 13.4. The predicted octanol–water partition coefficient (Wildman–Crippen LogP) is -0.865. The molecule has 4 atom stereocenters. The van der Waals surface area contributed by atoms with Crippen LogP contribution in [0.3, 0.4) is 0 Å². The molecule has 0 saturated heterocycles. The van der Waals surface area contributed by atoms with E-state index in [4.69, 9.17) is 11.5 Å². The molecule has 4 amide bonds. The fourth-order valence-corrected chi connectivity index (χ4v) is 4.18. The maximum atomic E-state index is 13.2. The lowest BCUT2D eigenvalue weighted by Gasteiger charge is -2.25. The summed E-state index contributed by atoms with van der Waals surface area (Å²) in [6, 6.07) is 2.61. The van der Waals surface area contributed by atoms with Crippen molar-refractivity contribution in [2.45, 2.75) is 43.4 Å². The van der Waals surface area contributed by atoms with Crippen molar-refractivity contribution in [3.8, 4) is 0 Å². The van der Waals surface area contributed by atoms with Crippen molar-refractivity contribution in [1.29, 1.82) is 0 Å². The van der Waals surface area contributed by atoms with E-state index in [1.54, 1.807) is 6.20 Å². The molecule has 0 fully saturated rings. The molecule has 2 rings (SSSR count). The first-order valence-electron chi connectivity index (χ1n) is 11.4. The van der Waals surface area contributed by atoms with E-state index in [0.29, 0.717) is 11.3 Å². The van der Waals surface area contributed by atoms with Gasteiger partial charge in [-0.3, -0.25) is 19.2 Å². The van der Waals surface area contributed by atoms with Crippen molar-refractivity contribution < 1.29 is 29.1 Å². The van der Waals surface area contributed by atoms with Crippen molar-refractivity contribution in [2.24, 2.45) is 11.5 Å². The molecule has 1 aromatic carbocycles. The lowest BCUT2D eigenvalue weighted by Crippen LogP contribution is -2.58. The third-order valence-electron chi connectivity index (χ3n) is 5.53. The lowest BCUT2D eigenvalue weighted by molar-refractivity contribution is -0.143. The highest BCUT2D eigenvalue weighted by atomic mass is 32.2. The number of aromatic nitrogens is 1. The second kappa shape index (κ2) is 14.5. The first-order chi connectivity index (χ1) is 17.6. The molecule has 0 spiro atoms. The van der Waals surface area contributed by atoms with Crippen LogP contribution in [0.2, 0.25) is 0 Å². The smallest absolute Gasteiger partial charge is 0.326 e. The summed E-state index contributed by atoms with van der Waals surface area (Å²) in [6.07, 6.45) is 3.17. The molecule has 0 aliphatic carbocycles. The van der Waals surface area contributed by atoms with Gasteiger partial charge in [0.15, 0.2) is 0 Å². The summed E-state index contributed by atoms with van der Waals surface area (Å²) in [4.78, 5) is 64.7. The number of thioether (sulfide) groups is 1. The van der Waals surface area contributed by atoms with Crippen LogP contribution in [-0.2, 0) is 30.4 Å². The van der Waals surface area contributed by atoms with Crippen molar-refractivity contribution in [3.63, 3.8) is 0 Å². The molecular formula is C23H32N6O6S2. The van der Waals surface area contributed by atoms with Crippen LogP contribution in [0.15, 0.2) is 30.5 Å². The molecule has 37 heavy (non-hydrogen) atoms. The van der Waals surface area contributed by atoms with Gasteiger partial charge in [0.2, 0.25) is 23.6 Å². The van der Waals surface area contributed by atoms with Crippen LogP contribution in [0.4, 0.5) is 0 Å². The molecule has 1 aromatic heterocycles. The van der Waals surface area contributed by atoms with E-state index < -0.39 is 60.2 Å². The van der Waals surface area contributed by atoms with E-state index in [1.807, 2.05) is 30.5 Å². The van der Waals surface area contributed by atoms with Gasteiger partial charge >= 0.3 is 5.97 Å². The molecule has 0 aliphatic rings. The number of carbonyl (C=O) groups is 5.